The van der Waals surface area contributed by atoms with E-state index in [9.17, 15) is 4.39 Å². The number of aryl methyl sites for hydroxylation is 1. The summed E-state index contributed by atoms with van der Waals surface area (Å²) in [5.74, 6) is 1.14. The van der Waals surface area contributed by atoms with E-state index in [0.717, 1.165) is 0 Å². The molecular weight excluding hydrogens is 259 g/mol. The first kappa shape index (κ1) is 12.3. The van der Waals surface area contributed by atoms with Crippen LogP contribution in [0.15, 0.2) is 52.9 Å². The number of ether oxygens (including phenoxy) is 1. The molecule has 0 unspecified atom stereocenters. The summed E-state index contributed by atoms with van der Waals surface area (Å²) >= 11 is 0. The van der Waals surface area contributed by atoms with Gasteiger partial charge in [0.1, 0.15) is 17.3 Å². The molecule has 0 saturated carbocycles. The number of para-hydroxylation sites is 1. The quantitative estimate of drug-likeness (QED) is 0.722. The molecule has 0 aliphatic carbocycles. The minimum atomic E-state index is -0.470. The van der Waals surface area contributed by atoms with Crippen molar-refractivity contribution in [3.8, 4) is 23.0 Å². The summed E-state index contributed by atoms with van der Waals surface area (Å²) in [6.07, 6.45) is 0. The largest absolute Gasteiger partial charge is 0.457 e. The van der Waals surface area contributed by atoms with Gasteiger partial charge in [0.25, 0.3) is 5.89 Å². The molecule has 1 aromatic heterocycles. The Kier molecular flexibility index (Phi) is 3.16. The summed E-state index contributed by atoms with van der Waals surface area (Å²) in [7, 11) is 0. The minimum absolute atomic E-state index is 0.159. The second-order valence-electron chi connectivity index (χ2n) is 4.18. The second-order valence-corrected chi connectivity index (χ2v) is 4.18. The summed E-state index contributed by atoms with van der Waals surface area (Å²) in [4.78, 5) is 0. The van der Waals surface area contributed by atoms with Crippen molar-refractivity contribution in [1.29, 1.82) is 0 Å². The van der Waals surface area contributed by atoms with E-state index in [1.54, 1.807) is 31.2 Å². The van der Waals surface area contributed by atoms with Crippen LogP contribution in [0.1, 0.15) is 5.89 Å². The van der Waals surface area contributed by atoms with E-state index >= 15 is 0 Å². The molecule has 0 aliphatic rings. The van der Waals surface area contributed by atoms with Crippen molar-refractivity contribution in [1.82, 2.24) is 10.2 Å². The molecule has 0 fully saturated rings. The number of benzene rings is 2. The fourth-order valence-corrected chi connectivity index (χ4v) is 1.76. The molecule has 0 bridgehead atoms. The lowest BCUT2D eigenvalue weighted by atomic mass is 10.2. The average molecular weight is 270 g/mol. The maximum atomic E-state index is 14.0. The Bertz CT molecular complexity index is 726. The predicted octanol–water partition coefficient (Wildman–Crippen LogP) is 3.98. The van der Waals surface area contributed by atoms with Gasteiger partial charge < -0.3 is 9.15 Å². The molecule has 2 aromatic carbocycles. The van der Waals surface area contributed by atoms with Gasteiger partial charge in [-0.25, -0.2) is 4.39 Å². The Morgan fingerprint density at radius 3 is 2.45 bits per heavy atom. The van der Waals surface area contributed by atoms with Gasteiger partial charge in [-0.05, 0) is 24.3 Å². The van der Waals surface area contributed by atoms with Crippen LogP contribution in [0.2, 0.25) is 0 Å². The van der Waals surface area contributed by atoms with E-state index in [4.69, 9.17) is 9.15 Å². The summed E-state index contributed by atoms with van der Waals surface area (Å²) in [5.41, 5.74) is 0.256. The normalized spacial score (nSPS) is 10.5. The molecule has 20 heavy (non-hydrogen) atoms. The van der Waals surface area contributed by atoms with Gasteiger partial charge >= 0.3 is 0 Å². The van der Waals surface area contributed by atoms with Crippen molar-refractivity contribution in [3.63, 3.8) is 0 Å². The third-order valence-electron chi connectivity index (χ3n) is 2.68. The topological polar surface area (TPSA) is 48.2 Å². The number of rotatable bonds is 3. The molecule has 0 amide bonds. The Labute approximate surface area is 114 Å². The third kappa shape index (κ3) is 2.51. The van der Waals surface area contributed by atoms with Gasteiger partial charge in [-0.3, -0.25) is 0 Å². The van der Waals surface area contributed by atoms with E-state index in [2.05, 4.69) is 10.2 Å². The van der Waals surface area contributed by atoms with Crippen LogP contribution in [-0.4, -0.2) is 10.2 Å². The van der Waals surface area contributed by atoms with Gasteiger partial charge in [-0.2, -0.15) is 0 Å². The molecule has 0 spiro atoms. The lowest BCUT2D eigenvalue weighted by Gasteiger charge is -2.06. The molecule has 3 rings (SSSR count). The van der Waals surface area contributed by atoms with Crippen LogP contribution in [0.3, 0.4) is 0 Å². The highest BCUT2D eigenvalue weighted by atomic mass is 19.1. The molecule has 5 heteroatoms. The van der Waals surface area contributed by atoms with E-state index < -0.39 is 5.82 Å². The smallest absolute Gasteiger partial charge is 0.250 e. The fraction of sp³-hybridized carbons (Fsp3) is 0.0667. The number of halogens is 1. The van der Waals surface area contributed by atoms with Crippen molar-refractivity contribution in [2.45, 2.75) is 6.92 Å². The molecule has 0 saturated heterocycles. The van der Waals surface area contributed by atoms with Gasteiger partial charge in [0, 0.05) is 13.0 Å². The summed E-state index contributed by atoms with van der Waals surface area (Å²) in [5, 5.41) is 7.47. The van der Waals surface area contributed by atoms with Crippen molar-refractivity contribution in [2.75, 3.05) is 0 Å². The van der Waals surface area contributed by atoms with Crippen LogP contribution in [0.25, 0.3) is 11.5 Å². The number of hydrogen-bond donors (Lipinski definition) is 0. The zero-order chi connectivity index (χ0) is 13.9. The first-order chi connectivity index (χ1) is 9.72. The zero-order valence-electron chi connectivity index (χ0n) is 10.7. The van der Waals surface area contributed by atoms with Crippen LogP contribution in [0.4, 0.5) is 4.39 Å². The Balaban J connectivity index is 1.88. The van der Waals surface area contributed by atoms with Crippen molar-refractivity contribution in [3.05, 3.63) is 60.2 Å². The summed E-state index contributed by atoms with van der Waals surface area (Å²) < 4.78 is 24.8. The number of nitrogens with zero attached hydrogens (tertiary/aromatic N) is 2. The maximum absolute atomic E-state index is 14.0. The monoisotopic (exact) mass is 270 g/mol. The standard InChI is InChI=1S/C15H11FN2O2/c1-10-17-18-15(19-10)13-8-7-12(9-14(13)16)20-11-5-3-2-4-6-11/h2-9H,1H3. The van der Waals surface area contributed by atoms with E-state index in [1.807, 2.05) is 18.2 Å². The van der Waals surface area contributed by atoms with E-state index in [0.29, 0.717) is 17.4 Å². The van der Waals surface area contributed by atoms with Gasteiger partial charge in [-0.15, -0.1) is 10.2 Å². The molecular formula is C15H11FN2O2. The number of hydrogen-bond acceptors (Lipinski definition) is 4. The van der Waals surface area contributed by atoms with Gasteiger partial charge in [0.05, 0.1) is 5.56 Å². The first-order valence-electron chi connectivity index (χ1n) is 6.05. The maximum Gasteiger partial charge on any atom is 0.250 e. The molecule has 0 atom stereocenters. The van der Waals surface area contributed by atoms with Crippen molar-refractivity contribution >= 4 is 0 Å². The van der Waals surface area contributed by atoms with Crippen LogP contribution < -0.4 is 4.74 Å². The molecule has 0 N–H and O–H groups in total. The molecule has 100 valence electrons. The number of aromatic nitrogens is 2. The van der Waals surface area contributed by atoms with Crippen molar-refractivity contribution in [2.24, 2.45) is 0 Å². The summed E-state index contributed by atoms with van der Waals surface area (Å²) in [6, 6.07) is 13.7. The van der Waals surface area contributed by atoms with Gasteiger partial charge in [-0.1, -0.05) is 18.2 Å². The predicted molar refractivity (Wildman–Crippen MR) is 70.9 cm³/mol. The molecule has 1 heterocycles. The Hall–Kier alpha value is -2.69. The highest BCUT2D eigenvalue weighted by Gasteiger charge is 2.12. The van der Waals surface area contributed by atoms with E-state index in [-0.39, 0.29) is 11.5 Å². The molecule has 3 aromatic rings. The molecule has 4 nitrogen and oxygen atoms in total. The fourth-order valence-electron chi connectivity index (χ4n) is 1.76. The highest BCUT2D eigenvalue weighted by molar-refractivity contribution is 5.55. The van der Waals surface area contributed by atoms with Crippen LogP contribution in [0.5, 0.6) is 11.5 Å². The van der Waals surface area contributed by atoms with Crippen LogP contribution in [-0.2, 0) is 0 Å². The highest BCUT2D eigenvalue weighted by Crippen LogP contribution is 2.27. The first-order valence-corrected chi connectivity index (χ1v) is 6.05. The van der Waals surface area contributed by atoms with E-state index in [1.165, 1.54) is 6.07 Å². The molecule has 0 radical (unpaired) electrons. The van der Waals surface area contributed by atoms with Crippen LogP contribution in [0, 0.1) is 12.7 Å². The van der Waals surface area contributed by atoms with Gasteiger partial charge in [0.15, 0.2) is 0 Å². The van der Waals surface area contributed by atoms with Crippen molar-refractivity contribution < 1.29 is 13.5 Å². The second kappa shape index (κ2) is 5.13. The van der Waals surface area contributed by atoms with Gasteiger partial charge in [0.2, 0.25) is 5.89 Å². The Morgan fingerprint density at radius 2 is 1.80 bits per heavy atom. The Morgan fingerprint density at radius 1 is 1.00 bits per heavy atom. The SMILES string of the molecule is Cc1nnc(-c2ccc(Oc3ccccc3)cc2F)o1. The molecule has 0 aliphatic heterocycles. The minimum Gasteiger partial charge on any atom is -0.457 e. The zero-order valence-corrected chi connectivity index (χ0v) is 10.7. The van der Waals surface area contributed by atoms with Crippen LogP contribution >= 0.6 is 0 Å². The lowest BCUT2D eigenvalue weighted by molar-refractivity contribution is 0.476. The third-order valence-corrected chi connectivity index (χ3v) is 2.68. The summed E-state index contributed by atoms with van der Waals surface area (Å²) in [6.45, 7) is 1.65. The average Bonchev–Trinajstić information content (AvgIpc) is 2.86. The lowest BCUT2D eigenvalue weighted by Crippen LogP contribution is -1.88.